The standard InChI is InChI=1S/C39H47N4O10P/c1-3-5-8-17-31(33(4-2)43(27-44)51-24-29-15-11-7-12-16-29)37(45)40-25-41-39(47)35-21-20-34(53-35)30-18-19-32(38(46)42-26-52-54(48)49)36(22-30)50-23-28-13-9-6-10-14-28/h6-7,9-16,18-22,27,31,33,54H,3-5,8,17,23-26H2,1-2H3,(H,40,45)(H,41,47)(H,42,46)(H,48,49)/t31-,33-/m1/s1. The fraction of sp³-hybridized carbons (Fsp3) is 0.333. The van der Waals surface area contributed by atoms with Gasteiger partial charge in [-0.1, -0.05) is 99.8 Å². The van der Waals surface area contributed by atoms with Crippen molar-refractivity contribution in [3.05, 3.63) is 113 Å². The number of nitrogens with zero attached hydrogens (tertiary/aromatic N) is 1. The first-order valence-corrected chi connectivity index (χ1v) is 19.0. The predicted octanol–water partition coefficient (Wildman–Crippen LogP) is 5.98. The Kier molecular flexibility index (Phi) is 17.0. The van der Waals surface area contributed by atoms with E-state index in [2.05, 4.69) is 27.4 Å². The third kappa shape index (κ3) is 12.7. The van der Waals surface area contributed by atoms with Crippen molar-refractivity contribution in [3.63, 3.8) is 0 Å². The Balaban J connectivity index is 1.41. The smallest absolute Gasteiger partial charge is 0.318 e. The minimum Gasteiger partial charge on any atom is -0.488 e. The van der Waals surface area contributed by atoms with E-state index in [1.807, 2.05) is 67.6 Å². The number of carbonyl (C=O) groups excluding carboxylic acids is 4. The van der Waals surface area contributed by atoms with Crippen molar-refractivity contribution in [3.8, 4) is 17.1 Å². The molecule has 4 aromatic rings. The van der Waals surface area contributed by atoms with Gasteiger partial charge in [0.2, 0.25) is 12.3 Å². The van der Waals surface area contributed by atoms with Crippen LogP contribution >= 0.6 is 8.25 Å². The van der Waals surface area contributed by atoms with Gasteiger partial charge in [0, 0.05) is 5.56 Å². The molecular formula is C39H47N4O10P. The highest BCUT2D eigenvalue weighted by Gasteiger charge is 2.32. The second kappa shape index (κ2) is 22.1. The summed E-state index contributed by atoms with van der Waals surface area (Å²) in [6, 6.07) is 26.0. The van der Waals surface area contributed by atoms with Crippen LogP contribution in [-0.2, 0) is 36.7 Å². The largest absolute Gasteiger partial charge is 0.488 e. The van der Waals surface area contributed by atoms with Crippen molar-refractivity contribution in [1.82, 2.24) is 21.0 Å². The number of unbranched alkanes of at least 4 members (excludes halogenated alkanes) is 2. The molecule has 4 N–H and O–H groups in total. The van der Waals surface area contributed by atoms with Crippen LogP contribution < -0.4 is 20.7 Å². The lowest BCUT2D eigenvalue weighted by Crippen LogP contribution is -2.48. The number of rotatable bonds is 23. The number of carbonyl (C=O) groups is 4. The first-order valence-electron chi connectivity index (χ1n) is 17.7. The van der Waals surface area contributed by atoms with E-state index in [1.165, 1.54) is 17.2 Å². The summed E-state index contributed by atoms with van der Waals surface area (Å²) in [6.45, 7) is 3.63. The van der Waals surface area contributed by atoms with Crippen molar-refractivity contribution in [1.29, 1.82) is 0 Å². The molecule has 3 aromatic carbocycles. The van der Waals surface area contributed by atoms with Crippen LogP contribution in [0.4, 0.5) is 0 Å². The van der Waals surface area contributed by atoms with Crippen LogP contribution in [0.2, 0.25) is 0 Å². The van der Waals surface area contributed by atoms with Crippen LogP contribution in [0.5, 0.6) is 5.75 Å². The molecule has 0 saturated heterocycles. The maximum absolute atomic E-state index is 13.5. The molecule has 54 heavy (non-hydrogen) atoms. The highest BCUT2D eigenvalue weighted by Crippen LogP contribution is 2.30. The Labute approximate surface area is 315 Å². The number of amides is 4. The zero-order valence-electron chi connectivity index (χ0n) is 30.3. The number of furan rings is 1. The molecule has 0 aliphatic carbocycles. The number of hydroxylamine groups is 2. The summed E-state index contributed by atoms with van der Waals surface area (Å²) in [4.78, 5) is 66.3. The van der Waals surface area contributed by atoms with Gasteiger partial charge in [-0.05, 0) is 48.2 Å². The van der Waals surface area contributed by atoms with Gasteiger partial charge in [-0.15, -0.1) is 0 Å². The first-order chi connectivity index (χ1) is 26.2. The predicted molar refractivity (Wildman–Crippen MR) is 201 cm³/mol. The molecule has 0 bridgehead atoms. The Morgan fingerprint density at radius 3 is 2.22 bits per heavy atom. The Morgan fingerprint density at radius 1 is 0.870 bits per heavy atom. The maximum Gasteiger partial charge on any atom is 0.318 e. The molecular weight excluding hydrogens is 715 g/mol. The zero-order chi connectivity index (χ0) is 38.7. The molecule has 3 atom stereocenters. The van der Waals surface area contributed by atoms with Crippen molar-refractivity contribution >= 4 is 32.4 Å². The lowest BCUT2D eigenvalue weighted by molar-refractivity contribution is -0.200. The number of benzene rings is 3. The van der Waals surface area contributed by atoms with E-state index in [9.17, 15) is 23.7 Å². The second-order valence-corrected chi connectivity index (χ2v) is 13.1. The van der Waals surface area contributed by atoms with Crippen LogP contribution in [0, 0.1) is 5.92 Å². The van der Waals surface area contributed by atoms with E-state index in [1.54, 1.807) is 18.2 Å². The summed E-state index contributed by atoms with van der Waals surface area (Å²) in [5.41, 5.74) is 2.40. The van der Waals surface area contributed by atoms with Gasteiger partial charge in [0.1, 0.15) is 31.5 Å². The van der Waals surface area contributed by atoms with E-state index in [0.29, 0.717) is 30.6 Å². The van der Waals surface area contributed by atoms with Crippen molar-refractivity contribution < 1.29 is 47.2 Å². The molecule has 1 unspecified atom stereocenters. The second-order valence-electron chi connectivity index (χ2n) is 12.2. The molecule has 1 heterocycles. The molecule has 4 rings (SSSR count). The molecule has 0 saturated carbocycles. The zero-order valence-corrected chi connectivity index (χ0v) is 31.3. The molecule has 4 amide bonds. The van der Waals surface area contributed by atoms with Crippen LogP contribution in [0.25, 0.3) is 11.3 Å². The molecule has 1 aromatic heterocycles. The van der Waals surface area contributed by atoms with Gasteiger partial charge < -0.3 is 30.0 Å². The fourth-order valence-electron chi connectivity index (χ4n) is 5.70. The van der Waals surface area contributed by atoms with E-state index in [-0.39, 0.29) is 42.9 Å². The molecule has 0 fully saturated rings. The number of hydrogen-bond donors (Lipinski definition) is 4. The molecule has 0 radical (unpaired) electrons. The summed E-state index contributed by atoms with van der Waals surface area (Å²) >= 11 is 0. The van der Waals surface area contributed by atoms with E-state index >= 15 is 0 Å². The first kappa shape index (κ1) is 41.5. The minimum atomic E-state index is -3.23. The lowest BCUT2D eigenvalue weighted by atomic mass is 9.90. The molecule has 15 heteroatoms. The minimum absolute atomic E-state index is 0.0171. The quantitative estimate of drug-likeness (QED) is 0.0230. The SMILES string of the molecule is CCCCC[C@@H](C(=O)NCNC(=O)c1ccc(-c2ccc(C(=O)NCO[PH](=O)O)c(OCc3ccccc3)c2)o1)[C@@H](CC)N(C=O)OCc1ccccc1. The van der Waals surface area contributed by atoms with Gasteiger partial charge in [-0.3, -0.25) is 33.1 Å². The van der Waals surface area contributed by atoms with Crippen LogP contribution in [0.15, 0.2) is 95.4 Å². The Morgan fingerprint density at radius 2 is 1.57 bits per heavy atom. The highest BCUT2D eigenvalue weighted by atomic mass is 31.1. The van der Waals surface area contributed by atoms with Crippen molar-refractivity contribution in [2.45, 2.75) is 65.2 Å². The monoisotopic (exact) mass is 762 g/mol. The Bertz CT molecular complexity index is 1820. The number of hydrogen-bond acceptors (Lipinski definition) is 9. The number of nitrogens with one attached hydrogen (secondary N) is 3. The summed E-state index contributed by atoms with van der Waals surface area (Å²) in [5.74, 6) is -1.57. The van der Waals surface area contributed by atoms with Crippen LogP contribution in [0.3, 0.4) is 0 Å². The molecule has 0 aliphatic rings. The van der Waals surface area contributed by atoms with Gasteiger partial charge >= 0.3 is 8.25 Å². The average molecular weight is 763 g/mol. The van der Waals surface area contributed by atoms with E-state index in [0.717, 1.165) is 30.4 Å². The lowest BCUT2D eigenvalue weighted by Gasteiger charge is -2.32. The number of ether oxygens (including phenoxy) is 1. The van der Waals surface area contributed by atoms with Crippen molar-refractivity contribution in [2.75, 3.05) is 13.4 Å². The molecule has 0 aliphatic heterocycles. The third-order valence-electron chi connectivity index (χ3n) is 8.51. The molecule has 288 valence electrons. The average Bonchev–Trinajstić information content (AvgIpc) is 3.69. The molecule has 0 spiro atoms. The van der Waals surface area contributed by atoms with E-state index in [4.69, 9.17) is 18.9 Å². The van der Waals surface area contributed by atoms with Gasteiger partial charge in [0.25, 0.3) is 11.8 Å². The summed E-state index contributed by atoms with van der Waals surface area (Å²) in [5, 5.41) is 9.08. The molecule has 14 nitrogen and oxygen atoms in total. The van der Waals surface area contributed by atoms with Gasteiger partial charge in [0.05, 0.1) is 24.2 Å². The van der Waals surface area contributed by atoms with Gasteiger partial charge in [-0.25, -0.2) is 5.06 Å². The third-order valence-corrected chi connectivity index (χ3v) is 8.90. The maximum atomic E-state index is 13.5. The summed E-state index contributed by atoms with van der Waals surface area (Å²) in [7, 11) is -3.23. The fourth-order valence-corrected chi connectivity index (χ4v) is 5.90. The summed E-state index contributed by atoms with van der Waals surface area (Å²) < 4.78 is 27.3. The van der Waals surface area contributed by atoms with Gasteiger partial charge in [-0.2, -0.15) is 0 Å². The van der Waals surface area contributed by atoms with E-state index < -0.39 is 38.8 Å². The van der Waals surface area contributed by atoms with Crippen molar-refractivity contribution in [2.24, 2.45) is 5.92 Å². The highest BCUT2D eigenvalue weighted by molar-refractivity contribution is 7.32. The van der Waals surface area contributed by atoms with Crippen LogP contribution in [0.1, 0.15) is 78.0 Å². The summed E-state index contributed by atoms with van der Waals surface area (Å²) in [6.07, 6.45) is 4.27. The van der Waals surface area contributed by atoms with Gasteiger partial charge in [0.15, 0.2) is 5.76 Å². The topological polar surface area (TPSA) is 186 Å². The normalized spacial score (nSPS) is 12.6. The van der Waals surface area contributed by atoms with Crippen LogP contribution in [-0.4, -0.2) is 53.5 Å². The Hall–Kier alpha value is -5.27.